The van der Waals surface area contributed by atoms with E-state index in [4.69, 9.17) is 11.6 Å². The van der Waals surface area contributed by atoms with Crippen LogP contribution in [-0.4, -0.2) is 10.9 Å². The quantitative estimate of drug-likeness (QED) is 0.757. The minimum atomic E-state index is 0.670. The van der Waals surface area contributed by atoms with Crippen LogP contribution in [0.3, 0.4) is 0 Å². The maximum atomic E-state index is 10.9. The molecule has 1 heterocycles. The van der Waals surface area contributed by atoms with Crippen molar-refractivity contribution < 1.29 is 4.79 Å². The molecule has 0 unspecified atom stereocenters. The van der Waals surface area contributed by atoms with Crippen LogP contribution in [0, 0.1) is 13.8 Å². The van der Waals surface area contributed by atoms with Crippen molar-refractivity contribution >= 4 is 33.8 Å². The van der Waals surface area contributed by atoms with Crippen LogP contribution in [0.2, 0.25) is 5.02 Å². The molecule has 0 amide bonds. The fourth-order valence-electron chi connectivity index (χ4n) is 1.93. The molecule has 1 aromatic heterocycles. The summed E-state index contributed by atoms with van der Waals surface area (Å²) >= 11 is 9.51. The second-order valence-electron chi connectivity index (χ2n) is 3.88. The third-order valence-corrected chi connectivity index (χ3v) is 3.65. The van der Waals surface area contributed by atoms with Crippen LogP contribution >= 0.6 is 27.5 Å². The molecule has 0 saturated heterocycles. The van der Waals surface area contributed by atoms with Crippen LogP contribution in [-0.2, 0) is 0 Å². The van der Waals surface area contributed by atoms with Crippen molar-refractivity contribution in [1.82, 2.24) is 4.57 Å². The summed E-state index contributed by atoms with van der Waals surface area (Å²) < 4.78 is 2.96. The van der Waals surface area contributed by atoms with Gasteiger partial charge in [0.1, 0.15) is 0 Å². The highest BCUT2D eigenvalue weighted by atomic mass is 79.9. The average Bonchev–Trinajstić information content (AvgIpc) is 2.58. The monoisotopic (exact) mass is 311 g/mol. The Bertz CT molecular complexity index is 589. The molecule has 0 fully saturated rings. The van der Waals surface area contributed by atoms with E-state index in [0.29, 0.717) is 10.6 Å². The molecule has 0 atom stereocenters. The van der Waals surface area contributed by atoms with Crippen LogP contribution < -0.4 is 0 Å². The van der Waals surface area contributed by atoms with Crippen LogP contribution in [0.1, 0.15) is 21.7 Å². The zero-order valence-electron chi connectivity index (χ0n) is 9.50. The molecule has 0 bridgehead atoms. The third-order valence-electron chi connectivity index (χ3n) is 2.75. The summed E-state index contributed by atoms with van der Waals surface area (Å²) in [5.74, 6) is 0. The first-order chi connectivity index (χ1) is 8.04. The lowest BCUT2D eigenvalue weighted by Crippen LogP contribution is -2.00. The third kappa shape index (κ3) is 2.17. The highest BCUT2D eigenvalue weighted by Gasteiger charge is 2.12. The molecule has 2 nitrogen and oxygen atoms in total. The zero-order valence-corrected chi connectivity index (χ0v) is 11.8. The summed E-state index contributed by atoms with van der Waals surface area (Å²) in [6, 6.07) is 7.47. The van der Waals surface area contributed by atoms with Crippen molar-refractivity contribution in [3.63, 3.8) is 0 Å². The first-order valence-electron chi connectivity index (χ1n) is 5.14. The molecule has 0 aliphatic rings. The van der Waals surface area contributed by atoms with Gasteiger partial charge in [0.25, 0.3) is 0 Å². The molecule has 4 heteroatoms. The maximum Gasteiger partial charge on any atom is 0.151 e. The van der Waals surface area contributed by atoms with Crippen LogP contribution in [0.5, 0.6) is 0 Å². The van der Waals surface area contributed by atoms with Gasteiger partial charge < -0.3 is 4.57 Å². The van der Waals surface area contributed by atoms with Crippen molar-refractivity contribution in [3.8, 4) is 5.69 Å². The SMILES string of the molecule is Cc1cc(C=O)c(C)n1-c1cc(Cl)ccc1Br. The van der Waals surface area contributed by atoms with Crippen LogP contribution in [0.4, 0.5) is 0 Å². The predicted octanol–water partition coefficient (Wildman–Crippen LogP) is 4.32. The first kappa shape index (κ1) is 12.4. The van der Waals surface area contributed by atoms with Crippen LogP contribution in [0.15, 0.2) is 28.7 Å². The minimum Gasteiger partial charge on any atom is -0.317 e. The van der Waals surface area contributed by atoms with Gasteiger partial charge in [-0.05, 0) is 54.0 Å². The summed E-state index contributed by atoms with van der Waals surface area (Å²) in [7, 11) is 0. The summed E-state index contributed by atoms with van der Waals surface area (Å²) in [4.78, 5) is 10.9. The number of rotatable bonds is 2. The molecular formula is C13H11BrClNO. The molecule has 0 N–H and O–H groups in total. The molecule has 17 heavy (non-hydrogen) atoms. The number of nitrogens with zero attached hydrogens (tertiary/aromatic N) is 1. The van der Waals surface area contributed by atoms with E-state index >= 15 is 0 Å². The van der Waals surface area contributed by atoms with Gasteiger partial charge in [-0.1, -0.05) is 11.6 Å². The Hall–Kier alpha value is -1.06. The van der Waals surface area contributed by atoms with Crippen molar-refractivity contribution in [3.05, 3.63) is 50.7 Å². The second kappa shape index (κ2) is 4.67. The largest absolute Gasteiger partial charge is 0.317 e. The van der Waals surface area contributed by atoms with E-state index in [1.165, 1.54) is 0 Å². The second-order valence-corrected chi connectivity index (χ2v) is 5.17. The number of aldehydes is 1. The van der Waals surface area contributed by atoms with Gasteiger partial charge in [-0.2, -0.15) is 0 Å². The zero-order chi connectivity index (χ0) is 12.6. The molecule has 0 aliphatic heterocycles. The predicted molar refractivity (Wildman–Crippen MR) is 73.3 cm³/mol. The number of benzene rings is 1. The molecule has 2 aromatic rings. The summed E-state index contributed by atoms with van der Waals surface area (Å²) in [5.41, 5.74) is 3.57. The van der Waals surface area contributed by atoms with E-state index in [9.17, 15) is 4.79 Å². The summed E-state index contributed by atoms with van der Waals surface area (Å²) in [6.07, 6.45) is 0.872. The van der Waals surface area contributed by atoms with Crippen LogP contribution in [0.25, 0.3) is 5.69 Å². The lowest BCUT2D eigenvalue weighted by molar-refractivity contribution is 0.112. The molecule has 0 spiro atoms. The number of halogens is 2. The van der Waals surface area contributed by atoms with Crippen molar-refractivity contribution in [2.24, 2.45) is 0 Å². The van der Waals surface area contributed by atoms with Gasteiger partial charge in [0.15, 0.2) is 6.29 Å². The van der Waals surface area contributed by atoms with Crippen molar-refractivity contribution in [1.29, 1.82) is 0 Å². The number of hydrogen-bond donors (Lipinski definition) is 0. The van der Waals surface area contributed by atoms with E-state index in [1.54, 1.807) is 0 Å². The van der Waals surface area contributed by atoms with Gasteiger partial charge in [-0.15, -0.1) is 0 Å². The Morgan fingerprint density at radius 1 is 1.29 bits per heavy atom. The van der Waals surface area contributed by atoms with Gasteiger partial charge in [0.2, 0.25) is 0 Å². The van der Waals surface area contributed by atoms with E-state index in [2.05, 4.69) is 15.9 Å². The Morgan fingerprint density at radius 2 is 2.00 bits per heavy atom. The van der Waals surface area contributed by atoms with E-state index in [0.717, 1.165) is 27.8 Å². The van der Waals surface area contributed by atoms with Gasteiger partial charge in [0, 0.05) is 26.4 Å². The van der Waals surface area contributed by atoms with E-state index in [-0.39, 0.29) is 0 Å². The minimum absolute atomic E-state index is 0.670. The maximum absolute atomic E-state index is 10.9. The number of carbonyl (C=O) groups is 1. The summed E-state index contributed by atoms with van der Waals surface area (Å²) in [6.45, 7) is 3.89. The molecule has 0 aliphatic carbocycles. The molecular weight excluding hydrogens is 302 g/mol. The number of carbonyl (C=O) groups excluding carboxylic acids is 1. The molecule has 88 valence electrons. The number of aryl methyl sites for hydroxylation is 1. The average molecular weight is 313 g/mol. The Morgan fingerprint density at radius 3 is 2.59 bits per heavy atom. The lowest BCUT2D eigenvalue weighted by Gasteiger charge is -2.12. The fraction of sp³-hybridized carbons (Fsp3) is 0.154. The van der Waals surface area contributed by atoms with E-state index < -0.39 is 0 Å². The lowest BCUT2D eigenvalue weighted by atomic mass is 10.2. The number of aromatic nitrogens is 1. The van der Waals surface area contributed by atoms with Crippen molar-refractivity contribution in [2.45, 2.75) is 13.8 Å². The topological polar surface area (TPSA) is 22.0 Å². The van der Waals surface area contributed by atoms with E-state index in [1.807, 2.05) is 42.7 Å². The normalized spacial score (nSPS) is 10.6. The standard InChI is InChI=1S/C13H11BrClNO/c1-8-5-10(7-17)9(2)16(8)13-6-11(15)3-4-12(13)14/h3-7H,1-2H3. The molecule has 0 saturated carbocycles. The van der Waals surface area contributed by atoms with Gasteiger partial charge in [-0.3, -0.25) is 4.79 Å². The molecule has 2 rings (SSSR count). The highest BCUT2D eigenvalue weighted by Crippen LogP contribution is 2.28. The fourth-order valence-corrected chi connectivity index (χ4v) is 2.53. The molecule has 0 radical (unpaired) electrons. The highest BCUT2D eigenvalue weighted by molar-refractivity contribution is 9.10. The van der Waals surface area contributed by atoms with Crippen molar-refractivity contribution in [2.75, 3.05) is 0 Å². The van der Waals surface area contributed by atoms with Gasteiger partial charge in [-0.25, -0.2) is 0 Å². The number of hydrogen-bond acceptors (Lipinski definition) is 1. The first-order valence-corrected chi connectivity index (χ1v) is 6.31. The Balaban J connectivity index is 2.72. The Kier molecular flexibility index (Phi) is 3.40. The summed E-state index contributed by atoms with van der Waals surface area (Å²) in [5, 5.41) is 0.670. The van der Waals surface area contributed by atoms with Gasteiger partial charge >= 0.3 is 0 Å². The Labute approximate surface area is 113 Å². The molecule has 1 aromatic carbocycles. The smallest absolute Gasteiger partial charge is 0.151 e. The van der Waals surface area contributed by atoms with Gasteiger partial charge in [0.05, 0.1) is 5.69 Å².